The van der Waals surface area contributed by atoms with Gasteiger partial charge in [-0.1, -0.05) is 68.8 Å². The number of alkyl carbamates (subject to hydrolysis) is 1. The summed E-state index contributed by atoms with van der Waals surface area (Å²) in [4.78, 5) is 39.0. The molecule has 0 spiro atoms. The number of nitrogens with one attached hydrogen (secondary N) is 1. The van der Waals surface area contributed by atoms with Gasteiger partial charge in [0, 0.05) is 18.5 Å². The minimum atomic E-state index is -0.922. The summed E-state index contributed by atoms with van der Waals surface area (Å²) in [5.41, 5.74) is 4.55. The van der Waals surface area contributed by atoms with Crippen LogP contribution in [0.5, 0.6) is 0 Å². The quantitative estimate of drug-likeness (QED) is 0.604. The molecule has 0 saturated carbocycles. The molecule has 0 radical (unpaired) electrons. The van der Waals surface area contributed by atoms with Gasteiger partial charge in [0.2, 0.25) is 5.91 Å². The van der Waals surface area contributed by atoms with E-state index in [1.165, 1.54) is 0 Å². The summed E-state index contributed by atoms with van der Waals surface area (Å²) in [6.07, 6.45) is 1.41. The predicted octanol–water partition coefficient (Wildman–Crippen LogP) is 4.41. The van der Waals surface area contributed by atoms with Crippen molar-refractivity contribution < 1.29 is 24.2 Å². The fraction of sp³-hybridized carbons (Fsp3) is 0.444. The van der Waals surface area contributed by atoms with E-state index in [9.17, 15) is 19.5 Å². The lowest BCUT2D eigenvalue weighted by Crippen LogP contribution is -2.53. The van der Waals surface area contributed by atoms with Gasteiger partial charge in [-0.25, -0.2) is 4.79 Å². The number of carbonyl (C=O) groups is 3. The lowest BCUT2D eigenvalue weighted by Gasteiger charge is -2.31. The number of fused-ring (bicyclic) bond motifs is 3. The molecule has 2 aliphatic rings. The first kappa shape index (κ1) is 23.8. The molecule has 0 bridgehead atoms. The predicted molar refractivity (Wildman–Crippen MR) is 128 cm³/mol. The van der Waals surface area contributed by atoms with Crippen LogP contribution in [0.1, 0.15) is 56.6 Å². The van der Waals surface area contributed by atoms with Gasteiger partial charge in [-0.05, 0) is 41.0 Å². The van der Waals surface area contributed by atoms with E-state index < -0.39 is 18.1 Å². The number of ether oxygens (including phenoxy) is 1. The monoisotopic (exact) mass is 464 g/mol. The number of carboxylic acids is 1. The van der Waals surface area contributed by atoms with Crippen LogP contribution in [-0.4, -0.2) is 53.2 Å². The molecule has 2 amide bonds. The van der Waals surface area contributed by atoms with Crippen LogP contribution in [0.15, 0.2) is 48.5 Å². The van der Waals surface area contributed by atoms with E-state index >= 15 is 0 Å². The van der Waals surface area contributed by atoms with E-state index in [0.29, 0.717) is 19.4 Å². The van der Waals surface area contributed by atoms with Crippen molar-refractivity contribution in [1.82, 2.24) is 10.2 Å². The average molecular weight is 465 g/mol. The highest BCUT2D eigenvalue weighted by Crippen LogP contribution is 2.44. The lowest BCUT2D eigenvalue weighted by atomic mass is 9.97. The zero-order chi connectivity index (χ0) is 24.2. The molecule has 180 valence electrons. The SMILES string of the molecule is CCC(C)C(NC(=O)OCC1c2ccccc2-c2ccccc21)C(=O)N1CCC[C@H]1CC(=O)O. The van der Waals surface area contributed by atoms with Crippen LogP contribution >= 0.6 is 0 Å². The second kappa shape index (κ2) is 10.3. The molecule has 7 nitrogen and oxygen atoms in total. The van der Waals surface area contributed by atoms with Crippen molar-refractivity contribution in [2.45, 2.75) is 57.5 Å². The second-order valence-electron chi connectivity index (χ2n) is 9.26. The molecule has 2 aromatic rings. The molecule has 1 heterocycles. The van der Waals surface area contributed by atoms with E-state index in [4.69, 9.17) is 4.74 Å². The number of carbonyl (C=O) groups excluding carboxylic acids is 2. The Bertz CT molecular complexity index is 1020. The number of likely N-dealkylation sites (tertiary alicyclic amines) is 1. The van der Waals surface area contributed by atoms with Crippen LogP contribution in [0, 0.1) is 5.92 Å². The van der Waals surface area contributed by atoms with E-state index in [1.807, 2.05) is 38.1 Å². The molecule has 0 aromatic heterocycles. The highest BCUT2D eigenvalue weighted by Gasteiger charge is 2.37. The maximum absolute atomic E-state index is 13.3. The van der Waals surface area contributed by atoms with Gasteiger partial charge >= 0.3 is 12.1 Å². The van der Waals surface area contributed by atoms with Crippen molar-refractivity contribution in [3.8, 4) is 11.1 Å². The Labute approximate surface area is 200 Å². The normalized spacial score (nSPS) is 18.6. The van der Waals surface area contributed by atoms with E-state index in [-0.39, 0.29) is 36.8 Å². The third kappa shape index (κ3) is 4.79. The Balaban J connectivity index is 1.44. The third-order valence-electron chi connectivity index (χ3n) is 7.17. The van der Waals surface area contributed by atoms with E-state index in [2.05, 4.69) is 29.6 Å². The van der Waals surface area contributed by atoms with Gasteiger partial charge < -0.3 is 20.1 Å². The molecule has 2 N–H and O–H groups in total. The Morgan fingerprint density at radius 1 is 1.09 bits per heavy atom. The minimum Gasteiger partial charge on any atom is -0.481 e. The van der Waals surface area contributed by atoms with Crippen LogP contribution in [-0.2, 0) is 14.3 Å². The number of hydrogen-bond donors (Lipinski definition) is 2. The molecule has 1 fully saturated rings. The molecule has 7 heteroatoms. The summed E-state index contributed by atoms with van der Waals surface area (Å²) < 4.78 is 5.65. The first-order chi connectivity index (χ1) is 16.4. The van der Waals surface area contributed by atoms with Crippen molar-refractivity contribution in [2.75, 3.05) is 13.2 Å². The summed E-state index contributed by atoms with van der Waals surface area (Å²) in [7, 11) is 0. The van der Waals surface area contributed by atoms with Crippen molar-refractivity contribution in [1.29, 1.82) is 0 Å². The smallest absolute Gasteiger partial charge is 0.407 e. The van der Waals surface area contributed by atoms with Gasteiger partial charge in [0.25, 0.3) is 0 Å². The van der Waals surface area contributed by atoms with Crippen LogP contribution in [0.25, 0.3) is 11.1 Å². The van der Waals surface area contributed by atoms with Crippen LogP contribution in [0.3, 0.4) is 0 Å². The molecule has 1 saturated heterocycles. The molecular formula is C27H32N2O5. The molecule has 2 aromatic carbocycles. The second-order valence-corrected chi connectivity index (χ2v) is 9.26. The topological polar surface area (TPSA) is 95.9 Å². The summed E-state index contributed by atoms with van der Waals surface area (Å²) in [6, 6.07) is 15.2. The van der Waals surface area contributed by atoms with E-state index in [1.54, 1.807) is 4.90 Å². The zero-order valence-corrected chi connectivity index (χ0v) is 19.7. The summed E-state index contributed by atoms with van der Waals surface area (Å²) >= 11 is 0. The van der Waals surface area contributed by atoms with Gasteiger partial charge in [-0.2, -0.15) is 0 Å². The molecule has 34 heavy (non-hydrogen) atoms. The standard InChI is InChI=1S/C27H32N2O5/c1-3-17(2)25(26(32)29-14-8-9-18(29)15-24(30)31)28-27(33)34-16-23-21-12-6-4-10-19(21)20-11-5-7-13-22(20)23/h4-7,10-13,17-18,23,25H,3,8-9,14-16H2,1-2H3,(H,28,33)(H,30,31)/t17?,18-,25?/m0/s1. The number of carboxylic acid groups (broad SMARTS) is 1. The van der Waals surface area contributed by atoms with Gasteiger partial charge in [0.05, 0.1) is 6.42 Å². The molecule has 4 rings (SSSR count). The average Bonchev–Trinajstić information content (AvgIpc) is 3.42. The Morgan fingerprint density at radius 3 is 2.29 bits per heavy atom. The number of benzene rings is 2. The van der Waals surface area contributed by atoms with Crippen molar-refractivity contribution >= 4 is 18.0 Å². The van der Waals surface area contributed by atoms with Gasteiger partial charge in [0.1, 0.15) is 12.6 Å². The van der Waals surface area contributed by atoms with Crippen LogP contribution < -0.4 is 5.32 Å². The number of hydrogen-bond acceptors (Lipinski definition) is 4. The maximum Gasteiger partial charge on any atom is 0.407 e. The molecular weight excluding hydrogens is 432 g/mol. The first-order valence-electron chi connectivity index (χ1n) is 12.0. The van der Waals surface area contributed by atoms with Gasteiger partial charge in [-0.3, -0.25) is 9.59 Å². The summed E-state index contributed by atoms with van der Waals surface area (Å²) in [5.74, 6) is -1.32. The van der Waals surface area contributed by atoms with Crippen molar-refractivity contribution in [2.24, 2.45) is 5.92 Å². The van der Waals surface area contributed by atoms with Crippen molar-refractivity contribution in [3.05, 3.63) is 59.7 Å². The first-order valence-corrected chi connectivity index (χ1v) is 12.0. The summed E-state index contributed by atoms with van der Waals surface area (Å²) in [5, 5.41) is 12.0. The lowest BCUT2D eigenvalue weighted by molar-refractivity contribution is -0.141. The van der Waals surface area contributed by atoms with Crippen LogP contribution in [0.2, 0.25) is 0 Å². The highest BCUT2D eigenvalue weighted by molar-refractivity contribution is 5.87. The van der Waals surface area contributed by atoms with E-state index in [0.717, 1.165) is 28.7 Å². The fourth-order valence-electron chi connectivity index (χ4n) is 5.17. The number of nitrogens with zero attached hydrogens (tertiary/aromatic N) is 1. The molecule has 3 atom stereocenters. The Hall–Kier alpha value is -3.35. The van der Waals surface area contributed by atoms with Crippen molar-refractivity contribution in [3.63, 3.8) is 0 Å². The fourth-order valence-corrected chi connectivity index (χ4v) is 5.17. The molecule has 1 aliphatic heterocycles. The van der Waals surface area contributed by atoms with Gasteiger partial charge in [-0.15, -0.1) is 0 Å². The Morgan fingerprint density at radius 2 is 1.71 bits per heavy atom. The Kier molecular flexibility index (Phi) is 7.20. The zero-order valence-electron chi connectivity index (χ0n) is 19.7. The number of amides is 2. The van der Waals surface area contributed by atoms with Gasteiger partial charge in [0.15, 0.2) is 0 Å². The number of rotatable bonds is 8. The molecule has 1 aliphatic carbocycles. The minimum absolute atomic E-state index is 0.0607. The highest BCUT2D eigenvalue weighted by atomic mass is 16.5. The van der Waals surface area contributed by atoms with Crippen LogP contribution in [0.4, 0.5) is 4.79 Å². The summed E-state index contributed by atoms with van der Waals surface area (Å²) in [6.45, 7) is 4.56. The third-order valence-corrected chi connectivity index (χ3v) is 7.17. The number of aliphatic carboxylic acids is 1. The maximum atomic E-state index is 13.3. The largest absolute Gasteiger partial charge is 0.481 e. The molecule has 2 unspecified atom stereocenters.